The Hall–Kier alpha value is 0.250. The molecular weight excluding hydrogens is 146 g/mol. The monoisotopic (exact) mass is 161 g/mol. The molecule has 0 bridgehead atoms. The summed E-state index contributed by atoms with van der Waals surface area (Å²) in [4.78, 5) is 2.54. The van der Waals surface area contributed by atoms with Gasteiger partial charge in [-0.2, -0.15) is 0 Å². The fourth-order valence-corrected chi connectivity index (χ4v) is 2.32. The molecule has 2 aliphatic rings. The van der Waals surface area contributed by atoms with Crippen molar-refractivity contribution < 1.29 is 0 Å². The number of hydrogen-bond acceptors (Lipinski definition) is 1. The molecule has 0 amide bonds. The van der Waals surface area contributed by atoms with Crippen LogP contribution in [0.2, 0.25) is 0 Å². The second kappa shape index (κ2) is 2.71. The number of likely N-dealkylation sites (tertiary alicyclic amines) is 1. The van der Waals surface area contributed by atoms with Crippen LogP contribution >= 0.6 is 12.4 Å². The van der Waals surface area contributed by atoms with E-state index in [2.05, 4.69) is 11.9 Å². The molecular formula is C8H16ClN. The van der Waals surface area contributed by atoms with Gasteiger partial charge in [0.2, 0.25) is 0 Å². The minimum atomic E-state index is 0. The van der Waals surface area contributed by atoms with E-state index in [-0.39, 0.29) is 12.4 Å². The van der Waals surface area contributed by atoms with Crippen molar-refractivity contribution in [1.29, 1.82) is 0 Å². The van der Waals surface area contributed by atoms with E-state index in [1.54, 1.807) is 0 Å². The van der Waals surface area contributed by atoms with Gasteiger partial charge in [-0.15, -0.1) is 12.4 Å². The van der Waals surface area contributed by atoms with Gasteiger partial charge in [0.1, 0.15) is 0 Å². The smallest absolute Gasteiger partial charge is 0.0218 e. The van der Waals surface area contributed by atoms with Crippen molar-refractivity contribution in [1.82, 2.24) is 4.90 Å². The lowest BCUT2D eigenvalue weighted by Crippen LogP contribution is -2.55. The van der Waals surface area contributed by atoms with Gasteiger partial charge in [0.05, 0.1) is 0 Å². The maximum absolute atomic E-state index is 2.54. The molecule has 1 spiro atoms. The van der Waals surface area contributed by atoms with Crippen molar-refractivity contribution in [2.45, 2.75) is 37.6 Å². The van der Waals surface area contributed by atoms with Crippen molar-refractivity contribution in [3.8, 4) is 0 Å². The maximum Gasteiger partial charge on any atom is 0.0218 e. The molecule has 0 aromatic rings. The third-order valence-electron chi connectivity index (χ3n) is 3.26. The fourth-order valence-electron chi connectivity index (χ4n) is 2.32. The van der Waals surface area contributed by atoms with Gasteiger partial charge in [-0.3, -0.25) is 0 Å². The molecule has 1 aliphatic heterocycles. The number of nitrogens with zero attached hydrogens (tertiary/aromatic N) is 1. The Morgan fingerprint density at radius 2 is 1.70 bits per heavy atom. The van der Waals surface area contributed by atoms with Gasteiger partial charge in [0, 0.05) is 12.1 Å². The average molecular weight is 162 g/mol. The normalized spacial score (nSPS) is 29.7. The Labute approximate surface area is 69.2 Å². The summed E-state index contributed by atoms with van der Waals surface area (Å²) in [6.07, 6.45) is 7.38. The highest BCUT2D eigenvalue weighted by atomic mass is 35.5. The van der Waals surface area contributed by atoms with Gasteiger partial charge in [-0.05, 0) is 26.3 Å². The second-order valence-electron chi connectivity index (χ2n) is 3.60. The Bertz CT molecular complexity index is 118. The molecule has 60 valence electrons. The summed E-state index contributed by atoms with van der Waals surface area (Å²) in [6.45, 7) is 1.35. The first kappa shape index (κ1) is 8.35. The molecule has 0 unspecified atom stereocenters. The van der Waals surface area contributed by atoms with Crippen molar-refractivity contribution in [3.05, 3.63) is 0 Å². The summed E-state index contributed by atoms with van der Waals surface area (Å²) in [5.74, 6) is 0. The Morgan fingerprint density at radius 1 is 1.10 bits per heavy atom. The predicted molar refractivity (Wildman–Crippen MR) is 45.7 cm³/mol. The molecule has 0 N–H and O–H groups in total. The zero-order valence-corrected chi connectivity index (χ0v) is 7.41. The van der Waals surface area contributed by atoms with Crippen LogP contribution in [0.5, 0.6) is 0 Å². The van der Waals surface area contributed by atoms with Crippen LogP contribution in [0.1, 0.15) is 32.1 Å². The van der Waals surface area contributed by atoms with Gasteiger partial charge in [-0.25, -0.2) is 0 Å². The first-order valence-corrected chi connectivity index (χ1v) is 4.05. The fraction of sp³-hybridized carbons (Fsp3) is 1.00. The van der Waals surface area contributed by atoms with Crippen LogP contribution in [0.3, 0.4) is 0 Å². The second-order valence-corrected chi connectivity index (χ2v) is 3.60. The molecule has 1 saturated heterocycles. The third kappa shape index (κ3) is 0.960. The lowest BCUT2D eigenvalue weighted by molar-refractivity contribution is 0.0173. The molecule has 2 heteroatoms. The van der Waals surface area contributed by atoms with Crippen LogP contribution in [0, 0.1) is 0 Å². The van der Waals surface area contributed by atoms with Crippen molar-refractivity contribution in [2.75, 3.05) is 13.6 Å². The summed E-state index contributed by atoms with van der Waals surface area (Å²) < 4.78 is 0. The van der Waals surface area contributed by atoms with E-state index in [1.807, 2.05) is 0 Å². The van der Waals surface area contributed by atoms with Crippen LogP contribution in [-0.2, 0) is 0 Å². The highest BCUT2D eigenvalue weighted by Gasteiger charge is 2.43. The number of halogens is 1. The van der Waals surface area contributed by atoms with Gasteiger partial charge in [0.15, 0.2) is 0 Å². The van der Waals surface area contributed by atoms with Crippen LogP contribution in [-0.4, -0.2) is 24.0 Å². The minimum absolute atomic E-state index is 0. The van der Waals surface area contributed by atoms with Crippen LogP contribution in [0.15, 0.2) is 0 Å². The van der Waals surface area contributed by atoms with E-state index in [1.165, 1.54) is 38.6 Å². The lowest BCUT2D eigenvalue weighted by Gasteiger charge is -2.48. The van der Waals surface area contributed by atoms with Gasteiger partial charge < -0.3 is 4.90 Å². The van der Waals surface area contributed by atoms with Crippen LogP contribution < -0.4 is 0 Å². The molecule has 2 rings (SSSR count). The van der Waals surface area contributed by atoms with E-state index < -0.39 is 0 Å². The van der Waals surface area contributed by atoms with E-state index in [0.29, 0.717) is 5.54 Å². The molecule has 1 aliphatic carbocycles. The standard InChI is InChI=1S/C8H15N.ClH/c1-9-7-6-8(9)4-2-3-5-8;/h2-7H2,1H3;1H. The van der Waals surface area contributed by atoms with E-state index in [9.17, 15) is 0 Å². The molecule has 0 aromatic heterocycles. The zero-order chi connectivity index (χ0) is 6.32. The predicted octanol–water partition coefficient (Wildman–Crippen LogP) is 2.06. The van der Waals surface area contributed by atoms with Crippen LogP contribution in [0.4, 0.5) is 0 Å². The molecule has 1 saturated carbocycles. The third-order valence-corrected chi connectivity index (χ3v) is 3.26. The summed E-state index contributed by atoms with van der Waals surface area (Å²) in [5, 5.41) is 0. The van der Waals surface area contributed by atoms with E-state index >= 15 is 0 Å². The Balaban J connectivity index is 0.000000500. The van der Waals surface area contributed by atoms with Crippen molar-refractivity contribution in [2.24, 2.45) is 0 Å². The maximum atomic E-state index is 2.54. The zero-order valence-electron chi connectivity index (χ0n) is 6.60. The molecule has 0 atom stereocenters. The molecule has 1 heterocycles. The van der Waals surface area contributed by atoms with E-state index in [4.69, 9.17) is 0 Å². The first-order valence-electron chi connectivity index (χ1n) is 4.05. The van der Waals surface area contributed by atoms with Crippen molar-refractivity contribution >= 4 is 12.4 Å². The minimum Gasteiger partial charge on any atom is -0.301 e. The highest BCUT2D eigenvalue weighted by molar-refractivity contribution is 5.85. The Kier molecular flexibility index (Phi) is 2.26. The molecule has 0 aromatic carbocycles. The highest BCUT2D eigenvalue weighted by Crippen LogP contribution is 2.43. The van der Waals surface area contributed by atoms with Crippen molar-refractivity contribution in [3.63, 3.8) is 0 Å². The topological polar surface area (TPSA) is 3.24 Å². The largest absolute Gasteiger partial charge is 0.301 e. The molecule has 2 fully saturated rings. The van der Waals surface area contributed by atoms with E-state index in [0.717, 1.165) is 0 Å². The SMILES string of the molecule is CN1CCC12CCCC2.Cl. The van der Waals surface area contributed by atoms with Gasteiger partial charge >= 0.3 is 0 Å². The molecule has 1 nitrogen and oxygen atoms in total. The number of hydrogen-bond donors (Lipinski definition) is 0. The van der Waals surface area contributed by atoms with Crippen LogP contribution in [0.25, 0.3) is 0 Å². The van der Waals surface area contributed by atoms with Gasteiger partial charge in [-0.1, -0.05) is 12.8 Å². The first-order chi connectivity index (χ1) is 4.33. The van der Waals surface area contributed by atoms with Gasteiger partial charge in [0.25, 0.3) is 0 Å². The Morgan fingerprint density at radius 3 is 1.90 bits per heavy atom. The molecule has 10 heavy (non-hydrogen) atoms. The average Bonchev–Trinajstić information content (AvgIpc) is 2.34. The molecule has 0 radical (unpaired) electrons. The summed E-state index contributed by atoms with van der Waals surface area (Å²) in [6, 6.07) is 0. The summed E-state index contributed by atoms with van der Waals surface area (Å²) >= 11 is 0. The summed E-state index contributed by atoms with van der Waals surface area (Å²) in [5.41, 5.74) is 0.708. The number of rotatable bonds is 0. The summed E-state index contributed by atoms with van der Waals surface area (Å²) in [7, 11) is 2.27. The lowest BCUT2D eigenvalue weighted by atomic mass is 9.84. The quantitative estimate of drug-likeness (QED) is 0.526.